The molecule has 0 aromatic rings. The van der Waals surface area contributed by atoms with Crippen LogP contribution in [0, 0.1) is 0 Å². The molecule has 0 radical (unpaired) electrons. The first-order valence-corrected chi connectivity index (χ1v) is 11.4. The predicted molar refractivity (Wildman–Crippen MR) is 116 cm³/mol. The molecule has 0 aromatic carbocycles. The summed E-state index contributed by atoms with van der Waals surface area (Å²) >= 11 is 1.81. The van der Waals surface area contributed by atoms with Crippen LogP contribution in [0.5, 0.6) is 0 Å². The molecule has 0 spiro atoms. The molecule has 2 N–H and O–H groups in total. The molecule has 7 nitrogen and oxygen atoms in total. The predicted octanol–water partition coefficient (Wildman–Crippen LogP) is 1.11. The van der Waals surface area contributed by atoms with Crippen LogP contribution in [-0.4, -0.2) is 80.9 Å². The van der Waals surface area contributed by atoms with Crippen LogP contribution in [0.2, 0.25) is 0 Å². The van der Waals surface area contributed by atoms with Crippen LogP contribution in [0.4, 0.5) is 0 Å². The molecule has 0 aliphatic carbocycles. The van der Waals surface area contributed by atoms with Crippen LogP contribution in [0.3, 0.4) is 0 Å². The third-order valence-corrected chi connectivity index (χ3v) is 7.05. The minimum Gasteiger partial charge on any atom is -0.373 e. The standard InChI is InChI=1S/C15H30N4O3S2.HI/c1-3-16-14(18-13-15(2)5-4-9-22-15)17-6-12-24(20,21)19-7-10-23-11-8-19;/h3-13H2,1-2H3,(H2,16,17,18);1H. The van der Waals surface area contributed by atoms with Gasteiger partial charge >= 0.3 is 0 Å². The topological polar surface area (TPSA) is 83.0 Å². The molecule has 2 saturated heterocycles. The number of sulfonamides is 1. The highest BCUT2D eigenvalue weighted by Crippen LogP contribution is 2.24. The molecule has 2 rings (SSSR count). The van der Waals surface area contributed by atoms with Crippen molar-refractivity contribution in [3.8, 4) is 0 Å². The van der Waals surface area contributed by atoms with Gasteiger partial charge in [-0.1, -0.05) is 0 Å². The minimum atomic E-state index is -3.19. The molecule has 1 atom stereocenters. The Morgan fingerprint density at radius 3 is 2.64 bits per heavy atom. The fourth-order valence-electron chi connectivity index (χ4n) is 2.80. The van der Waals surface area contributed by atoms with Gasteiger partial charge in [0.2, 0.25) is 10.0 Å². The van der Waals surface area contributed by atoms with Crippen LogP contribution in [0.1, 0.15) is 26.7 Å². The van der Waals surface area contributed by atoms with E-state index in [-0.39, 0.29) is 35.3 Å². The van der Waals surface area contributed by atoms with Gasteiger partial charge in [-0.25, -0.2) is 12.7 Å². The molecule has 2 heterocycles. The fourth-order valence-corrected chi connectivity index (χ4v) is 5.29. The molecule has 2 aliphatic heterocycles. The molecule has 10 heteroatoms. The number of ether oxygens (including phenoxy) is 1. The summed E-state index contributed by atoms with van der Waals surface area (Å²) in [6.45, 7) is 7.78. The lowest BCUT2D eigenvalue weighted by Crippen LogP contribution is -2.44. The lowest BCUT2D eigenvalue weighted by atomic mass is 10.0. The molecule has 2 fully saturated rings. The molecule has 0 amide bonds. The lowest BCUT2D eigenvalue weighted by molar-refractivity contribution is 0.0283. The van der Waals surface area contributed by atoms with Crippen molar-refractivity contribution in [1.29, 1.82) is 0 Å². The zero-order chi connectivity index (χ0) is 17.5. The number of guanidine groups is 1. The van der Waals surface area contributed by atoms with Gasteiger partial charge in [-0.05, 0) is 26.7 Å². The van der Waals surface area contributed by atoms with Crippen molar-refractivity contribution in [2.45, 2.75) is 32.3 Å². The van der Waals surface area contributed by atoms with Gasteiger partial charge in [-0.15, -0.1) is 24.0 Å². The van der Waals surface area contributed by atoms with E-state index in [1.54, 1.807) is 16.1 Å². The van der Waals surface area contributed by atoms with Gasteiger partial charge in [-0.3, -0.25) is 4.99 Å². The van der Waals surface area contributed by atoms with Crippen molar-refractivity contribution in [3.05, 3.63) is 0 Å². The highest BCUT2D eigenvalue weighted by atomic mass is 127. The van der Waals surface area contributed by atoms with E-state index in [2.05, 4.69) is 22.5 Å². The molecular formula is C15H31IN4O3S2. The van der Waals surface area contributed by atoms with Crippen LogP contribution in [0.15, 0.2) is 4.99 Å². The maximum absolute atomic E-state index is 12.3. The monoisotopic (exact) mass is 506 g/mol. The molecule has 0 bridgehead atoms. The third-order valence-electron chi connectivity index (χ3n) is 4.23. The van der Waals surface area contributed by atoms with E-state index in [0.717, 1.165) is 37.5 Å². The Labute approximate surface area is 173 Å². The molecule has 1 unspecified atom stereocenters. The molecule has 25 heavy (non-hydrogen) atoms. The summed E-state index contributed by atoms with van der Waals surface area (Å²) in [5, 5.41) is 6.29. The van der Waals surface area contributed by atoms with Gasteiger partial charge in [0.1, 0.15) is 0 Å². The van der Waals surface area contributed by atoms with Crippen molar-refractivity contribution in [1.82, 2.24) is 14.9 Å². The fraction of sp³-hybridized carbons (Fsp3) is 0.933. The maximum atomic E-state index is 12.3. The highest BCUT2D eigenvalue weighted by Gasteiger charge is 2.29. The summed E-state index contributed by atoms with van der Waals surface area (Å²) in [6, 6.07) is 0. The number of nitrogens with zero attached hydrogens (tertiary/aromatic N) is 2. The number of hydrogen-bond donors (Lipinski definition) is 2. The number of nitrogens with one attached hydrogen (secondary N) is 2. The Bertz CT molecular complexity index is 519. The van der Waals surface area contributed by atoms with E-state index in [4.69, 9.17) is 4.74 Å². The lowest BCUT2D eigenvalue weighted by Gasteiger charge is -2.26. The summed E-state index contributed by atoms with van der Waals surface area (Å²) in [7, 11) is -3.19. The molecular weight excluding hydrogens is 475 g/mol. The van der Waals surface area contributed by atoms with Crippen molar-refractivity contribution in [2.75, 3.05) is 56.6 Å². The van der Waals surface area contributed by atoms with E-state index in [1.807, 2.05) is 6.92 Å². The zero-order valence-electron chi connectivity index (χ0n) is 15.1. The largest absolute Gasteiger partial charge is 0.373 e. The Morgan fingerprint density at radius 2 is 2.04 bits per heavy atom. The maximum Gasteiger partial charge on any atom is 0.215 e. The number of thioether (sulfide) groups is 1. The average Bonchev–Trinajstić information content (AvgIpc) is 3.00. The first-order valence-electron chi connectivity index (χ1n) is 8.67. The third kappa shape index (κ3) is 7.77. The Morgan fingerprint density at radius 1 is 1.32 bits per heavy atom. The minimum absolute atomic E-state index is 0. The van der Waals surface area contributed by atoms with Crippen molar-refractivity contribution < 1.29 is 13.2 Å². The second-order valence-corrected chi connectivity index (χ2v) is 9.66. The van der Waals surface area contributed by atoms with Crippen LogP contribution in [0.25, 0.3) is 0 Å². The molecule has 0 saturated carbocycles. The van der Waals surface area contributed by atoms with Gasteiger partial charge in [0.25, 0.3) is 0 Å². The van der Waals surface area contributed by atoms with E-state index in [1.165, 1.54) is 0 Å². The summed E-state index contributed by atoms with van der Waals surface area (Å²) < 4.78 is 32.0. The van der Waals surface area contributed by atoms with E-state index in [0.29, 0.717) is 32.1 Å². The number of aliphatic imine (C=N–C) groups is 1. The SMILES string of the molecule is CCNC(=NCC1(C)CCCO1)NCCS(=O)(=O)N1CCSCC1.I. The van der Waals surface area contributed by atoms with Gasteiger partial charge in [0, 0.05) is 44.3 Å². The van der Waals surface area contributed by atoms with Crippen molar-refractivity contribution >= 4 is 51.7 Å². The van der Waals surface area contributed by atoms with E-state index < -0.39 is 10.0 Å². The molecule has 148 valence electrons. The summed E-state index contributed by atoms with van der Waals surface area (Å²) in [4.78, 5) is 4.56. The zero-order valence-corrected chi connectivity index (χ0v) is 19.1. The average molecular weight is 506 g/mol. The summed E-state index contributed by atoms with van der Waals surface area (Å²) in [6.07, 6.45) is 2.08. The van der Waals surface area contributed by atoms with Crippen molar-refractivity contribution in [2.24, 2.45) is 4.99 Å². The second-order valence-electron chi connectivity index (χ2n) is 6.35. The quantitative estimate of drug-likeness (QED) is 0.306. The van der Waals surface area contributed by atoms with Crippen LogP contribution in [-0.2, 0) is 14.8 Å². The Kier molecular flexibility index (Phi) is 10.4. The summed E-state index contributed by atoms with van der Waals surface area (Å²) in [5.41, 5.74) is -0.195. The van der Waals surface area contributed by atoms with E-state index >= 15 is 0 Å². The van der Waals surface area contributed by atoms with Gasteiger partial charge < -0.3 is 15.4 Å². The second kappa shape index (κ2) is 11.2. The van der Waals surface area contributed by atoms with Gasteiger partial charge in [0.05, 0.1) is 17.9 Å². The van der Waals surface area contributed by atoms with Crippen molar-refractivity contribution in [3.63, 3.8) is 0 Å². The number of halogens is 1. The van der Waals surface area contributed by atoms with E-state index in [9.17, 15) is 8.42 Å². The molecule has 2 aliphatic rings. The van der Waals surface area contributed by atoms with Crippen LogP contribution < -0.4 is 10.6 Å². The number of hydrogen-bond acceptors (Lipinski definition) is 5. The highest BCUT2D eigenvalue weighted by molar-refractivity contribution is 14.0. The normalized spacial score (nSPS) is 25.4. The Hall–Kier alpha value is 0.220. The molecule has 0 aromatic heterocycles. The first kappa shape index (κ1) is 23.3. The Balaban J connectivity index is 0.00000312. The number of rotatable bonds is 7. The summed E-state index contributed by atoms with van der Waals surface area (Å²) in [5.74, 6) is 2.51. The van der Waals surface area contributed by atoms with Gasteiger partial charge in [0.15, 0.2) is 5.96 Å². The van der Waals surface area contributed by atoms with Crippen LogP contribution >= 0.6 is 35.7 Å². The first-order chi connectivity index (χ1) is 11.5. The van der Waals surface area contributed by atoms with Gasteiger partial charge in [-0.2, -0.15) is 11.8 Å². The smallest absolute Gasteiger partial charge is 0.215 e.